The smallest absolute Gasteiger partial charge is 0.306 e. The van der Waals surface area contributed by atoms with Crippen LogP contribution in [-0.4, -0.2) is 29.7 Å². The SMILES string of the molecule is COC(=O)CC1(CSCc2ccc(C(=O)NN)cn2)CC1. The fraction of sp³-hybridized carbons (Fsp3) is 0.500. The summed E-state index contributed by atoms with van der Waals surface area (Å²) >= 11 is 1.75. The van der Waals surface area contributed by atoms with E-state index in [1.165, 1.54) is 13.3 Å². The van der Waals surface area contributed by atoms with Crippen molar-refractivity contribution in [2.75, 3.05) is 12.9 Å². The maximum absolute atomic E-state index is 11.3. The van der Waals surface area contributed by atoms with Crippen LogP contribution in [0.15, 0.2) is 18.3 Å². The van der Waals surface area contributed by atoms with Crippen LogP contribution in [-0.2, 0) is 15.3 Å². The number of nitrogens with zero attached hydrogens (tertiary/aromatic N) is 1. The molecule has 1 aliphatic rings. The number of ether oxygens (including phenoxy) is 1. The molecule has 0 radical (unpaired) electrons. The lowest BCUT2D eigenvalue weighted by molar-refractivity contribution is -0.141. The van der Waals surface area contributed by atoms with Crippen LogP contribution in [0.25, 0.3) is 0 Å². The highest BCUT2D eigenvalue weighted by Gasteiger charge is 2.44. The van der Waals surface area contributed by atoms with E-state index in [2.05, 4.69) is 10.4 Å². The summed E-state index contributed by atoms with van der Waals surface area (Å²) in [5.74, 6) is 6.26. The van der Waals surface area contributed by atoms with E-state index in [0.717, 1.165) is 30.0 Å². The van der Waals surface area contributed by atoms with Crippen LogP contribution in [0.3, 0.4) is 0 Å². The van der Waals surface area contributed by atoms with Gasteiger partial charge in [0.1, 0.15) is 0 Å². The fourth-order valence-corrected chi connectivity index (χ4v) is 3.33. The summed E-state index contributed by atoms with van der Waals surface area (Å²) in [6.45, 7) is 0. The second-order valence-corrected chi connectivity index (χ2v) is 6.24. The summed E-state index contributed by atoms with van der Waals surface area (Å²) in [4.78, 5) is 26.9. The molecular weight excluding hydrogens is 290 g/mol. The van der Waals surface area contributed by atoms with Crippen LogP contribution < -0.4 is 11.3 Å². The quantitative estimate of drug-likeness (QED) is 0.341. The molecule has 1 aromatic heterocycles. The van der Waals surface area contributed by atoms with Gasteiger partial charge in [-0.2, -0.15) is 11.8 Å². The molecule has 6 nitrogen and oxygen atoms in total. The summed E-state index contributed by atoms with van der Waals surface area (Å²) < 4.78 is 4.73. The number of nitrogens with two attached hydrogens (primary N) is 1. The average molecular weight is 309 g/mol. The molecule has 1 amide bonds. The van der Waals surface area contributed by atoms with E-state index in [-0.39, 0.29) is 17.3 Å². The lowest BCUT2D eigenvalue weighted by atomic mass is 10.1. The number of methoxy groups -OCH3 is 1. The highest BCUT2D eigenvalue weighted by Crippen LogP contribution is 2.51. The van der Waals surface area contributed by atoms with Gasteiger partial charge in [0.05, 0.1) is 24.8 Å². The summed E-state index contributed by atoms with van der Waals surface area (Å²) in [6.07, 6.45) is 4.18. The number of amides is 1. The number of hydrogen-bond donors (Lipinski definition) is 2. The lowest BCUT2D eigenvalue weighted by Crippen LogP contribution is -2.30. The molecule has 0 spiro atoms. The molecule has 0 aromatic carbocycles. The van der Waals surface area contributed by atoms with Crippen LogP contribution in [0.4, 0.5) is 0 Å². The largest absolute Gasteiger partial charge is 0.469 e. The molecule has 2 rings (SSSR count). The van der Waals surface area contributed by atoms with Gasteiger partial charge < -0.3 is 4.74 Å². The summed E-state index contributed by atoms with van der Waals surface area (Å²) in [6, 6.07) is 3.52. The molecule has 0 atom stereocenters. The lowest BCUT2D eigenvalue weighted by Gasteiger charge is -2.12. The van der Waals surface area contributed by atoms with E-state index in [0.29, 0.717) is 12.0 Å². The van der Waals surface area contributed by atoms with Crippen LogP contribution in [0, 0.1) is 5.41 Å². The molecule has 1 aliphatic carbocycles. The molecule has 1 saturated carbocycles. The molecule has 3 N–H and O–H groups in total. The van der Waals surface area contributed by atoms with E-state index in [1.807, 2.05) is 6.07 Å². The first-order chi connectivity index (χ1) is 10.1. The number of hydrazine groups is 1. The van der Waals surface area contributed by atoms with Gasteiger partial charge in [-0.1, -0.05) is 0 Å². The zero-order valence-electron chi connectivity index (χ0n) is 11.9. The van der Waals surface area contributed by atoms with Crippen LogP contribution >= 0.6 is 11.8 Å². The number of carbonyl (C=O) groups is 2. The second-order valence-electron chi connectivity index (χ2n) is 5.26. The van der Waals surface area contributed by atoms with Gasteiger partial charge >= 0.3 is 5.97 Å². The van der Waals surface area contributed by atoms with Gasteiger partial charge in [0, 0.05) is 11.9 Å². The van der Waals surface area contributed by atoms with Crippen molar-refractivity contribution in [2.45, 2.75) is 25.0 Å². The van der Waals surface area contributed by atoms with Crippen molar-refractivity contribution in [3.8, 4) is 0 Å². The van der Waals surface area contributed by atoms with Gasteiger partial charge in [-0.25, -0.2) is 5.84 Å². The zero-order chi connectivity index (χ0) is 15.3. The van der Waals surface area contributed by atoms with E-state index in [4.69, 9.17) is 10.6 Å². The van der Waals surface area contributed by atoms with Gasteiger partial charge in [-0.15, -0.1) is 0 Å². The van der Waals surface area contributed by atoms with E-state index >= 15 is 0 Å². The minimum absolute atomic E-state index is 0.122. The number of pyridine rings is 1. The summed E-state index contributed by atoms with van der Waals surface area (Å²) in [5, 5.41) is 0. The molecule has 7 heteroatoms. The number of hydrogen-bond acceptors (Lipinski definition) is 6. The first kappa shape index (κ1) is 15.8. The number of aromatic nitrogens is 1. The zero-order valence-corrected chi connectivity index (χ0v) is 12.7. The third-order valence-electron chi connectivity index (χ3n) is 3.58. The Hall–Kier alpha value is -1.60. The number of thioether (sulfide) groups is 1. The van der Waals surface area contributed by atoms with E-state index < -0.39 is 0 Å². The molecule has 1 aromatic rings. The highest BCUT2D eigenvalue weighted by molar-refractivity contribution is 7.98. The Bertz CT molecular complexity index is 515. The predicted octanol–water partition coefficient (Wildman–Crippen LogP) is 1.26. The fourth-order valence-electron chi connectivity index (χ4n) is 2.03. The summed E-state index contributed by atoms with van der Waals surface area (Å²) in [5.41, 5.74) is 3.54. The van der Waals surface area contributed by atoms with Gasteiger partial charge in [0.25, 0.3) is 5.91 Å². The minimum atomic E-state index is -0.350. The van der Waals surface area contributed by atoms with Crippen molar-refractivity contribution in [1.82, 2.24) is 10.4 Å². The highest BCUT2D eigenvalue weighted by atomic mass is 32.2. The Balaban J connectivity index is 1.78. The average Bonchev–Trinajstić information content (AvgIpc) is 3.26. The number of esters is 1. The van der Waals surface area contributed by atoms with Crippen molar-refractivity contribution in [1.29, 1.82) is 0 Å². The standard InChI is InChI=1S/C14H19N3O3S/c1-20-12(18)6-14(4-5-14)9-21-8-11-3-2-10(7-16-11)13(19)17-15/h2-3,7H,4-6,8-9,15H2,1H3,(H,17,19). The Labute approximate surface area is 127 Å². The Morgan fingerprint density at radius 1 is 1.48 bits per heavy atom. The predicted molar refractivity (Wildman–Crippen MR) is 80.4 cm³/mol. The molecule has 0 aliphatic heterocycles. The maximum atomic E-state index is 11.3. The second kappa shape index (κ2) is 6.91. The van der Waals surface area contributed by atoms with Crippen molar-refractivity contribution < 1.29 is 14.3 Å². The van der Waals surface area contributed by atoms with Gasteiger partial charge in [0.15, 0.2) is 0 Å². The van der Waals surface area contributed by atoms with Gasteiger partial charge in [-0.3, -0.25) is 20.0 Å². The first-order valence-corrected chi connectivity index (χ1v) is 7.84. The first-order valence-electron chi connectivity index (χ1n) is 6.69. The van der Waals surface area contributed by atoms with Crippen LogP contribution in [0.2, 0.25) is 0 Å². The minimum Gasteiger partial charge on any atom is -0.469 e. The Morgan fingerprint density at radius 2 is 2.24 bits per heavy atom. The van der Waals surface area contributed by atoms with E-state index in [9.17, 15) is 9.59 Å². The van der Waals surface area contributed by atoms with Crippen molar-refractivity contribution in [2.24, 2.45) is 11.3 Å². The van der Waals surface area contributed by atoms with Crippen LogP contribution in [0.1, 0.15) is 35.3 Å². The van der Waals surface area contributed by atoms with Crippen LogP contribution in [0.5, 0.6) is 0 Å². The monoisotopic (exact) mass is 309 g/mol. The number of nitrogens with one attached hydrogen (secondary N) is 1. The number of rotatable bonds is 7. The van der Waals surface area contributed by atoms with Crippen molar-refractivity contribution >= 4 is 23.6 Å². The third-order valence-corrected chi connectivity index (χ3v) is 4.90. The maximum Gasteiger partial charge on any atom is 0.306 e. The number of nitrogen functional groups attached to an aromatic ring is 1. The molecular formula is C14H19N3O3S. The molecule has 114 valence electrons. The topological polar surface area (TPSA) is 94.3 Å². The van der Waals surface area contributed by atoms with Gasteiger partial charge in [-0.05, 0) is 36.1 Å². The molecule has 1 heterocycles. The molecule has 0 saturated heterocycles. The molecule has 0 bridgehead atoms. The normalized spacial score (nSPS) is 15.3. The summed E-state index contributed by atoms with van der Waals surface area (Å²) in [7, 11) is 1.43. The third kappa shape index (κ3) is 4.44. The van der Waals surface area contributed by atoms with E-state index in [1.54, 1.807) is 17.8 Å². The van der Waals surface area contributed by atoms with Crippen molar-refractivity contribution in [3.63, 3.8) is 0 Å². The Morgan fingerprint density at radius 3 is 2.76 bits per heavy atom. The Kier molecular flexibility index (Phi) is 5.19. The van der Waals surface area contributed by atoms with Crippen molar-refractivity contribution in [3.05, 3.63) is 29.6 Å². The van der Waals surface area contributed by atoms with Gasteiger partial charge in [0.2, 0.25) is 0 Å². The molecule has 21 heavy (non-hydrogen) atoms. The molecule has 0 unspecified atom stereocenters. The number of carbonyl (C=O) groups excluding carboxylic acids is 2. The molecule has 1 fully saturated rings.